The molecule has 0 spiro atoms. The van der Waals surface area contributed by atoms with Crippen LogP contribution in [0, 0.1) is 0 Å². The molecule has 1 aliphatic heterocycles. The number of carbonyl (C=O) groups is 1. The van der Waals surface area contributed by atoms with Crippen molar-refractivity contribution in [2.75, 3.05) is 13.1 Å². The molecule has 0 saturated carbocycles. The van der Waals surface area contributed by atoms with E-state index in [-0.39, 0.29) is 5.91 Å². The maximum absolute atomic E-state index is 11.6. The van der Waals surface area contributed by atoms with E-state index in [9.17, 15) is 4.79 Å². The van der Waals surface area contributed by atoms with Crippen molar-refractivity contribution in [2.24, 2.45) is 0 Å². The highest BCUT2D eigenvalue weighted by Crippen LogP contribution is 2.07. The van der Waals surface area contributed by atoms with Gasteiger partial charge < -0.3 is 10.6 Å². The molecule has 1 saturated heterocycles. The highest BCUT2D eigenvalue weighted by molar-refractivity contribution is 5.76. The van der Waals surface area contributed by atoms with Crippen molar-refractivity contribution < 1.29 is 4.79 Å². The zero-order valence-corrected chi connectivity index (χ0v) is 10.7. The van der Waals surface area contributed by atoms with Crippen LogP contribution >= 0.6 is 0 Å². The summed E-state index contributed by atoms with van der Waals surface area (Å²) in [6, 6.07) is 4.51. The van der Waals surface area contributed by atoms with Gasteiger partial charge in [-0.2, -0.15) is 0 Å². The summed E-state index contributed by atoms with van der Waals surface area (Å²) in [7, 11) is 0. The molecule has 0 bridgehead atoms. The Labute approximate surface area is 108 Å². The SMILES string of the molecule is O=C(CCc1cccnc1)NCC[C@@H]1CCCN1. The Morgan fingerprint density at radius 2 is 2.50 bits per heavy atom. The van der Waals surface area contributed by atoms with E-state index in [1.54, 1.807) is 6.20 Å². The first kappa shape index (κ1) is 13.0. The van der Waals surface area contributed by atoms with E-state index in [0.717, 1.165) is 31.5 Å². The third-order valence-corrected chi connectivity index (χ3v) is 3.34. The van der Waals surface area contributed by atoms with Crippen LogP contribution < -0.4 is 10.6 Å². The third kappa shape index (κ3) is 4.45. The molecule has 0 radical (unpaired) electrons. The van der Waals surface area contributed by atoms with Crippen molar-refractivity contribution in [3.8, 4) is 0 Å². The van der Waals surface area contributed by atoms with Gasteiger partial charge in [-0.3, -0.25) is 9.78 Å². The molecule has 2 N–H and O–H groups in total. The van der Waals surface area contributed by atoms with E-state index >= 15 is 0 Å². The number of aryl methyl sites for hydroxylation is 1. The molecule has 4 heteroatoms. The number of nitrogens with zero attached hydrogens (tertiary/aromatic N) is 1. The fourth-order valence-corrected chi connectivity index (χ4v) is 2.28. The molecule has 1 atom stereocenters. The average Bonchev–Trinajstić information content (AvgIpc) is 2.91. The molecule has 1 aliphatic rings. The monoisotopic (exact) mass is 247 g/mol. The van der Waals surface area contributed by atoms with Crippen LogP contribution in [0.5, 0.6) is 0 Å². The third-order valence-electron chi connectivity index (χ3n) is 3.34. The van der Waals surface area contributed by atoms with Gasteiger partial charge in [-0.05, 0) is 43.9 Å². The maximum Gasteiger partial charge on any atom is 0.220 e. The summed E-state index contributed by atoms with van der Waals surface area (Å²) < 4.78 is 0. The van der Waals surface area contributed by atoms with Crippen LogP contribution in [-0.2, 0) is 11.2 Å². The second-order valence-corrected chi connectivity index (χ2v) is 4.79. The van der Waals surface area contributed by atoms with Crippen molar-refractivity contribution in [2.45, 2.75) is 38.1 Å². The van der Waals surface area contributed by atoms with Gasteiger partial charge in [-0.1, -0.05) is 6.07 Å². The van der Waals surface area contributed by atoms with Gasteiger partial charge in [0.15, 0.2) is 0 Å². The summed E-state index contributed by atoms with van der Waals surface area (Å²) in [4.78, 5) is 15.7. The minimum Gasteiger partial charge on any atom is -0.356 e. The Kier molecular flexibility index (Phi) is 5.15. The van der Waals surface area contributed by atoms with Gasteiger partial charge in [0.1, 0.15) is 0 Å². The lowest BCUT2D eigenvalue weighted by Crippen LogP contribution is -2.30. The largest absolute Gasteiger partial charge is 0.356 e. The number of hydrogen-bond acceptors (Lipinski definition) is 3. The van der Waals surface area contributed by atoms with Crippen LogP contribution in [0.1, 0.15) is 31.2 Å². The molecule has 18 heavy (non-hydrogen) atoms. The highest BCUT2D eigenvalue weighted by atomic mass is 16.1. The fourth-order valence-electron chi connectivity index (χ4n) is 2.28. The van der Waals surface area contributed by atoms with E-state index in [2.05, 4.69) is 15.6 Å². The summed E-state index contributed by atoms with van der Waals surface area (Å²) in [5, 5.41) is 6.41. The lowest BCUT2D eigenvalue weighted by molar-refractivity contribution is -0.121. The Balaban J connectivity index is 1.57. The van der Waals surface area contributed by atoms with Crippen molar-refractivity contribution >= 4 is 5.91 Å². The molecule has 1 aromatic rings. The summed E-state index contributed by atoms with van der Waals surface area (Å²) in [6.45, 7) is 1.91. The molecule has 2 rings (SSSR count). The molecule has 0 aromatic carbocycles. The first-order valence-electron chi connectivity index (χ1n) is 6.73. The molecule has 1 amide bonds. The normalized spacial score (nSPS) is 18.8. The highest BCUT2D eigenvalue weighted by Gasteiger charge is 2.13. The van der Waals surface area contributed by atoms with E-state index < -0.39 is 0 Å². The second kappa shape index (κ2) is 7.11. The van der Waals surface area contributed by atoms with Crippen LogP contribution in [0.25, 0.3) is 0 Å². The summed E-state index contributed by atoms with van der Waals surface area (Å²) in [6.07, 6.45) is 8.42. The zero-order chi connectivity index (χ0) is 12.6. The molecular weight excluding hydrogens is 226 g/mol. The number of rotatable bonds is 6. The fraction of sp³-hybridized carbons (Fsp3) is 0.571. The van der Waals surface area contributed by atoms with Crippen LogP contribution in [0.15, 0.2) is 24.5 Å². The minimum absolute atomic E-state index is 0.136. The van der Waals surface area contributed by atoms with Crippen molar-refractivity contribution in [1.29, 1.82) is 0 Å². The lowest BCUT2D eigenvalue weighted by atomic mass is 10.1. The zero-order valence-electron chi connectivity index (χ0n) is 10.7. The van der Waals surface area contributed by atoms with Crippen LogP contribution in [0.2, 0.25) is 0 Å². The molecule has 1 fully saturated rings. The van der Waals surface area contributed by atoms with Crippen molar-refractivity contribution in [3.05, 3.63) is 30.1 Å². The molecule has 2 heterocycles. The number of aromatic nitrogens is 1. The number of carbonyl (C=O) groups excluding carboxylic acids is 1. The van der Waals surface area contributed by atoms with Crippen LogP contribution in [-0.4, -0.2) is 30.0 Å². The topological polar surface area (TPSA) is 54.0 Å². The summed E-state index contributed by atoms with van der Waals surface area (Å²) in [5.74, 6) is 0.136. The average molecular weight is 247 g/mol. The quantitative estimate of drug-likeness (QED) is 0.796. The van der Waals surface area contributed by atoms with Crippen LogP contribution in [0.3, 0.4) is 0 Å². The maximum atomic E-state index is 11.6. The van der Waals surface area contributed by atoms with E-state index in [4.69, 9.17) is 0 Å². The lowest BCUT2D eigenvalue weighted by Gasteiger charge is -2.10. The van der Waals surface area contributed by atoms with Gasteiger partial charge in [0.2, 0.25) is 5.91 Å². The summed E-state index contributed by atoms with van der Waals surface area (Å²) >= 11 is 0. The first-order valence-corrected chi connectivity index (χ1v) is 6.73. The van der Waals surface area contributed by atoms with Gasteiger partial charge in [-0.25, -0.2) is 0 Å². The van der Waals surface area contributed by atoms with Crippen LogP contribution in [0.4, 0.5) is 0 Å². The Morgan fingerprint density at radius 3 is 3.22 bits per heavy atom. The standard InChI is InChI=1S/C14H21N3O/c18-14(6-5-12-3-1-8-15-11-12)17-10-7-13-4-2-9-16-13/h1,3,8,11,13,16H,2,4-7,9-10H2,(H,17,18)/t13-/m0/s1. The Morgan fingerprint density at radius 1 is 1.56 bits per heavy atom. The van der Waals surface area contributed by atoms with Gasteiger partial charge >= 0.3 is 0 Å². The second-order valence-electron chi connectivity index (χ2n) is 4.79. The molecule has 0 aliphatic carbocycles. The van der Waals surface area contributed by atoms with Gasteiger partial charge in [0.05, 0.1) is 0 Å². The van der Waals surface area contributed by atoms with E-state index in [1.165, 1.54) is 12.8 Å². The van der Waals surface area contributed by atoms with E-state index in [0.29, 0.717) is 12.5 Å². The predicted octanol–water partition coefficient (Wildman–Crippen LogP) is 1.27. The van der Waals surface area contributed by atoms with Crippen molar-refractivity contribution in [1.82, 2.24) is 15.6 Å². The molecule has 0 unspecified atom stereocenters. The minimum atomic E-state index is 0.136. The predicted molar refractivity (Wildman–Crippen MR) is 71.2 cm³/mol. The molecular formula is C14H21N3O. The van der Waals surface area contributed by atoms with Gasteiger partial charge in [-0.15, -0.1) is 0 Å². The molecule has 4 nitrogen and oxygen atoms in total. The first-order chi connectivity index (χ1) is 8.84. The van der Waals surface area contributed by atoms with E-state index in [1.807, 2.05) is 18.3 Å². The number of amides is 1. The van der Waals surface area contributed by atoms with Crippen molar-refractivity contribution in [3.63, 3.8) is 0 Å². The van der Waals surface area contributed by atoms with Gasteiger partial charge in [0, 0.05) is 31.4 Å². The smallest absolute Gasteiger partial charge is 0.220 e. The Hall–Kier alpha value is -1.42. The molecule has 1 aromatic heterocycles. The Bertz CT molecular complexity index is 361. The van der Waals surface area contributed by atoms with Gasteiger partial charge in [0.25, 0.3) is 0 Å². The summed E-state index contributed by atoms with van der Waals surface area (Å²) in [5.41, 5.74) is 1.12. The number of nitrogens with one attached hydrogen (secondary N) is 2. The number of hydrogen-bond donors (Lipinski definition) is 2. The molecule has 98 valence electrons. The number of pyridine rings is 1.